The minimum atomic E-state index is -0.976. The molecule has 0 spiro atoms. The standard InChI is InChI=1S/C25H19N5O2/c31-24(32)15-8-11-18-19-13-26-25(29-20-7-3-5-14-4-1-2-6-17(14)20)30-22(19)23(27-16-9-10-16)28-21(18)12-15/h1-8,11-13,16H,9-10H2,(H,27,28)(H,31,32)(H,26,29,30). The van der Waals surface area contributed by atoms with Gasteiger partial charge in [0.1, 0.15) is 5.52 Å². The summed E-state index contributed by atoms with van der Waals surface area (Å²) >= 11 is 0. The molecule has 0 radical (unpaired) electrons. The quantitative estimate of drug-likeness (QED) is 0.329. The number of hydrogen-bond acceptors (Lipinski definition) is 6. The van der Waals surface area contributed by atoms with Crippen LogP contribution in [0.3, 0.4) is 0 Å². The molecule has 0 saturated heterocycles. The van der Waals surface area contributed by atoms with Crippen LogP contribution in [0.5, 0.6) is 0 Å². The highest BCUT2D eigenvalue weighted by Crippen LogP contribution is 2.33. The van der Waals surface area contributed by atoms with Crippen LogP contribution in [0, 0.1) is 0 Å². The van der Waals surface area contributed by atoms with E-state index in [0.717, 1.165) is 40.1 Å². The molecular weight excluding hydrogens is 402 g/mol. The van der Waals surface area contributed by atoms with Gasteiger partial charge >= 0.3 is 5.97 Å². The lowest BCUT2D eigenvalue weighted by atomic mass is 10.1. The zero-order chi connectivity index (χ0) is 21.7. The fourth-order valence-electron chi connectivity index (χ4n) is 3.95. The molecule has 3 aromatic carbocycles. The Balaban J connectivity index is 1.50. The van der Waals surface area contributed by atoms with Crippen molar-refractivity contribution >= 4 is 56.0 Å². The molecule has 6 rings (SSSR count). The number of rotatable bonds is 5. The van der Waals surface area contributed by atoms with Gasteiger partial charge in [0, 0.05) is 34.1 Å². The molecular formula is C25H19N5O2. The van der Waals surface area contributed by atoms with E-state index in [2.05, 4.69) is 33.8 Å². The van der Waals surface area contributed by atoms with E-state index in [1.165, 1.54) is 0 Å². The molecule has 0 amide bonds. The number of nitrogens with zero attached hydrogens (tertiary/aromatic N) is 3. The summed E-state index contributed by atoms with van der Waals surface area (Å²) < 4.78 is 0. The Labute approximate surface area is 183 Å². The molecule has 7 heteroatoms. The molecule has 1 aliphatic carbocycles. The summed E-state index contributed by atoms with van der Waals surface area (Å²) in [6.07, 6.45) is 3.95. The predicted molar refractivity (Wildman–Crippen MR) is 126 cm³/mol. The first kappa shape index (κ1) is 18.5. The van der Waals surface area contributed by atoms with Crippen LogP contribution in [0.25, 0.3) is 32.6 Å². The number of aromatic carboxylic acids is 1. The van der Waals surface area contributed by atoms with Crippen LogP contribution in [-0.2, 0) is 0 Å². The summed E-state index contributed by atoms with van der Waals surface area (Å²) in [6.45, 7) is 0. The third kappa shape index (κ3) is 3.24. The molecule has 1 fully saturated rings. The number of fused-ring (bicyclic) bond motifs is 4. The van der Waals surface area contributed by atoms with E-state index in [4.69, 9.17) is 9.97 Å². The molecule has 1 saturated carbocycles. The van der Waals surface area contributed by atoms with Crippen molar-refractivity contribution in [1.82, 2.24) is 15.0 Å². The van der Waals surface area contributed by atoms with Crippen molar-refractivity contribution in [3.8, 4) is 0 Å². The number of nitrogens with one attached hydrogen (secondary N) is 2. The van der Waals surface area contributed by atoms with E-state index in [1.807, 2.05) is 24.3 Å². The molecule has 156 valence electrons. The maximum Gasteiger partial charge on any atom is 0.335 e. The van der Waals surface area contributed by atoms with E-state index in [-0.39, 0.29) is 5.56 Å². The number of benzene rings is 3. The third-order valence-corrected chi connectivity index (χ3v) is 5.73. The Morgan fingerprint density at radius 1 is 0.938 bits per heavy atom. The zero-order valence-electron chi connectivity index (χ0n) is 17.0. The van der Waals surface area contributed by atoms with Crippen LogP contribution in [-0.4, -0.2) is 32.1 Å². The average molecular weight is 421 g/mol. The van der Waals surface area contributed by atoms with E-state index in [0.29, 0.717) is 28.8 Å². The van der Waals surface area contributed by atoms with Gasteiger partial charge in [0.25, 0.3) is 0 Å². The van der Waals surface area contributed by atoms with E-state index in [1.54, 1.807) is 24.4 Å². The van der Waals surface area contributed by atoms with E-state index < -0.39 is 5.97 Å². The third-order valence-electron chi connectivity index (χ3n) is 5.73. The summed E-state index contributed by atoms with van der Waals surface area (Å²) in [6, 6.07) is 19.6. The fraction of sp³-hybridized carbons (Fsp3) is 0.120. The number of aromatic nitrogens is 3. The fourth-order valence-corrected chi connectivity index (χ4v) is 3.95. The van der Waals surface area contributed by atoms with Gasteiger partial charge in [0.05, 0.1) is 11.1 Å². The van der Waals surface area contributed by atoms with Crippen LogP contribution in [0.4, 0.5) is 17.5 Å². The van der Waals surface area contributed by atoms with Crippen molar-refractivity contribution in [2.75, 3.05) is 10.6 Å². The van der Waals surface area contributed by atoms with Gasteiger partial charge in [-0.3, -0.25) is 0 Å². The number of carbonyl (C=O) groups is 1. The predicted octanol–water partition coefficient (Wildman–Crippen LogP) is 5.35. The summed E-state index contributed by atoms with van der Waals surface area (Å²) in [5.74, 6) is 0.160. The summed E-state index contributed by atoms with van der Waals surface area (Å²) in [7, 11) is 0. The lowest BCUT2D eigenvalue weighted by molar-refractivity contribution is 0.0697. The normalized spacial score (nSPS) is 13.5. The van der Waals surface area contributed by atoms with Gasteiger partial charge in [-0.25, -0.2) is 19.7 Å². The minimum Gasteiger partial charge on any atom is -0.478 e. The van der Waals surface area contributed by atoms with Crippen molar-refractivity contribution < 1.29 is 9.90 Å². The smallest absolute Gasteiger partial charge is 0.335 e. The maximum atomic E-state index is 11.4. The summed E-state index contributed by atoms with van der Waals surface area (Å²) in [4.78, 5) is 25.5. The van der Waals surface area contributed by atoms with Gasteiger partial charge in [-0.15, -0.1) is 0 Å². The van der Waals surface area contributed by atoms with Crippen LogP contribution in [0.15, 0.2) is 66.9 Å². The Morgan fingerprint density at radius 2 is 1.78 bits per heavy atom. The highest BCUT2D eigenvalue weighted by atomic mass is 16.4. The van der Waals surface area contributed by atoms with Crippen LogP contribution < -0.4 is 10.6 Å². The second kappa shape index (κ2) is 7.16. The van der Waals surface area contributed by atoms with E-state index >= 15 is 0 Å². The second-order valence-corrected chi connectivity index (χ2v) is 8.02. The molecule has 0 atom stereocenters. The van der Waals surface area contributed by atoms with Crippen molar-refractivity contribution in [3.63, 3.8) is 0 Å². The van der Waals surface area contributed by atoms with Gasteiger partial charge in [0.15, 0.2) is 5.82 Å². The zero-order valence-corrected chi connectivity index (χ0v) is 17.0. The lowest BCUT2D eigenvalue weighted by Crippen LogP contribution is -2.07. The summed E-state index contributed by atoms with van der Waals surface area (Å²) in [5, 5.41) is 20.0. The van der Waals surface area contributed by atoms with Crippen molar-refractivity contribution in [1.29, 1.82) is 0 Å². The molecule has 5 aromatic rings. The van der Waals surface area contributed by atoms with Crippen molar-refractivity contribution in [2.24, 2.45) is 0 Å². The SMILES string of the molecule is O=C(O)c1ccc2c(c1)nc(NC1CC1)c1nc(Nc3cccc4ccccc34)ncc12. The number of anilines is 3. The highest BCUT2D eigenvalue weighted by molar-refractivity contribution is 6.10. The van der Waals surface area contributed by atoms with Crippen molar-refractivity contribution in [2.45, 2.75) is 18.9 Å². The minimum absolute atomic E-state index is 0.205. The summed E-state index contributed by atoms with van der Waals surface area (Å²) in [5.41, 5.74) is 2.46. The highest BCUT2D eigenvalue weighted by Gasteiger charge is 2.23. The molecule has 1 aliphatic rings. The molecule has 2 heterocycles. The second-order valence-electron chi connectivity index (χ2n) is 8.02. The van der Waals surface area contributed by atoms with Crippen LogP contribution >= 0.6 is 0 Å². The van der Waals surface area contributed by atoms with E-state index in [9.17, 15) is 9.90 Å². The van der Waals surface area contributed by atoms with Gasteiger partial charge in [-0.2, -0.15) is 0 Å². The Morgan fingerprint density at radius 3 is 2.62 bits per heavy atom. The molecule has 7 nitrogen and oxygen atoms in total. The number of pyridine rings is 1. The molecule has 0 unspecified atom stereocenters. The topological polar surface area (TPSA) is 100 Å². The van der Waals surface area contributed by atoms with Crippen LogP contribution in [0.2, 0.25) is 0 Å². The Hall–Kier alpha value is -4.26. The Kier molecular flexibility index (Phi) is 4.14. The monoisotopic (exact) mass is 421 g/mol. The van der Waals surface area contributed by atoms with Gasteiger partial charge in [-0.1, -0.05) is 42.5 Å². The molecule has 2 aromatic heterocycles. The first-order valence-corrected chi connectivity index (χ1v) is 10.5. The average Bonchev–Trinajstić information content (AvgIpc) is 3.63. The van der Waals surface area contributed by atoms with Gasteiger partial charge < -0.3 is 15.7 Å². The number of carboxylic acids is 1. The molecule has 0 aliphatic heterocycles. The molecule has 3 N–H and O–H groups in total. The maximum absolute atomic E-state index is 11.4. The Bertz CT molecular complexity index is 1520. The molecule has 0 bridgehead atoms. The first-order chi connectivity index (χ1) is 15.7. The van der Waals surface area contributed by atoms with Crippen molar-refractivity contribution in [3.05, 3.63) is 72.4 Å². The van der Waals surface area contributed by atoms with Crippen LogP contribution in [0.1, 0.15) is 23.2 Å². The van der Waals surface area contributed by atoms with Gasteiger partial charge in [-0.05, 0) is 36.4 Å². The lowest BCUT2D eigenvalue weighted by Gasteiger charge is -2.13. The largest absolute Gasteiger partial charge is 0.478 e. The first-order valence-electron chi connectivity index (χ1n) is 10.5. The van der Waals surface area contributed by atoms with Gasteiger partial charge in [0.2, 0.25) is 5.95 Å². The number of hydrogen-bond donors (Lipinski definition) is 3. The molecule has 32 heavy (non-hydrogen) atoms. The number of carboxylic acid groups (broad SMARTS) is 1.